The van der Waals surface area contributed by atoms with Crippen LogP contribution in [0.2, 0.25) is 0 Å². The molecule has 0 fully saturated rings. The van der Waals surface area contributed by atoms with Gasteiger partial charge in [0.05, 0.1) is 5.16 Å². The Hall–Kier alpha value is -0.440. The van der Waals surface area contributed by atoms with Gasteiger partial charge in [0, 0.05) is 0 Å². The van der Waals surface area contributed by atoms with E-state index in [2.05, 4.69) is 23.2 Å². The van der Waals surface area contributed by atoms with Crippen molar-refractivity contribution in [3.05, 3.63) is 0 Å². The van der Waals surface area contributed by atoms with Crippen LogP contribution in [-0.2, 0) is 0 Å². The summed E-state index contributed by atoms with van der Waals surface area (Å²) < 4.78 is 0. The molecule has 0 unspecified atom stereocenters. The smallest absolute Gasteiger partial charge is 0.0859 e. The van der Waals surface area contributed by atoms with Crippen LogP contribution >= 0.6 is 12.2 Å². The van der Waals surface area contributed by atoms with Gasteiger partial charge in [-0.15, -0.1) is 5.10 Å². The molecule has 0 radical (unpaired) electrons. The van der Waals surface area contributed by atoms with Crippen molar-refractivity contribution >= 4 is 17.4 Å². The van der Waals surface area contributed by atoms with Crippen LogP contribution in [0, 0.1) is 0 Å². The van der Waals surface area contributed by atoms with E-state index in [1.807, 2.05) is 10.7 Å². The first kappa shape index (κ1) is 4.56. The van der Waals surface area contributed by atoms with Gasteiger partial charge in [0.1, 0.15) is 0 Å². The maximum atomic E-state index is 4.59. The fourth-order valence-electron chi connectivity index (χ4n) is 0.0264. The molecule has 0 spiro atoms. The lowest BCUT2D eigenvalue weighted by Crippen LogP contribution is -2.12. The lowest BCUT2D eigenvalue weighted by Gasteiger charge is -1.71. The predicted molar refractivity (Wildman–Crippen MR) is 22.3 cm³/mol. The predicted octanol–water partition coefficient (Wildman–Crippen LogP) is -0.533. The molecule has 0 amide bonds. The molecule has 0 aromatic carbocycles. The van der Waals surface area contributed by atoms with E-state index in [9.17, 15) is 0 Å². The summed E-state index contributed by atoms with van der Waals surface area (Å²) in [5, 5.41) is 5.05. The summed E-state index contributed by atoms with van der Waals surface area (Å²) in [5.74, 6) is 4.59. The van der Waals surface area contributed by atoms with Crippen LogP contribution in [0.5, 0.6) is 0 Å². The third-order valence-electron chi connectivity index (χ3n) is 0.110. The van der Waals surface area contributed by atoms with Crippen molar-refractivity contribution in [2.24, 2.45) is 10.9 Å². The summed E-state index contributed by atoms with van der Waals surface area (Å²) >= 11 is 4.09. The molecule has 0 heterocycles. The van der Waals surface area contributed by atoms with E-state index in [4.69, 9.17) is 0 Å². The monoisotopic (exact) mass is 89.0 g/mol. The van der Waals surface area contributed by atoms with Crippen molar-refractivity contribution < 1.29 is 0 Å². The summed E-state index contributed by atoms with van der Waals surface area (Å²) in [7, 11) is 0. The molecule has 0 saturated heterocycles. The summed E-state index contributed by atoms with van der Waals surface area (Å²) in [6.07, 6.45) is 0. The molecular formula is CH3N3S. The SMILES string of the molecule is NNN=C=S. The Morgan fingerprint density at radius 1 is 2.00 bits per heavy atom. The number of rotatable bonds is 1. The van der Waals surface area contributed by atoms with Gasteiger partial charge < -0.3 is 0 Å². The van der Waals surface area contributed by atoms with Crippen molar-refractivity contribution in [1.82, 2.24) is 5.53 Å². The maximum Gasteiger partial charge on any atom is 0.0859 e. The molecule has 3 nitrogen and oxygen atoms in total. The van der Waals surface area contributed by atoms with Crippen molar-refractivity contribution in [2.45, 2.75) is 0 Å². The van der Waals surface area contributed by atoms with Gasteiger partial charge in [0.15, 0.2) is 0 Å². The number of hydrogen-bond donors (Lipinski definition) is 2. The average molecular weight is 89.1 g/mol. The van der Waals surface area contributed by atoms with Gasteiger partial charge in [-0.25, -0.2) is 11.4 Å². The fourth-order valence-corrected chi connectivity index (χ4v) is 0.0791. The van der Waals surface area contributed by atoms with Gasteiger partial charge >= 0.3 is 0 Å². The molecule has 0 bridgehead atoms. The molecule has 28 valence electrons. The number of nitrogens with zero attached hydrogens (tertiary/aromatic N) is 1. The summed E-state index contributed by atoms with van der Waals surface area (Å²) in [6, 6.07) is 0. The summed E-state index contributed by atoms with van der Waals surface area (Å²) in [4.78, 5) is 0. The Morgan fingerprint density at radius 3 is 2.60 bits per heavy atom. The minimum Gasteiger partial charge on any atom is -0.237 e. The number of hydrazone groups is 1. The van der Waals surface area contributed by atoms with E-state index in [0.717, 1.165) is 0 Å². The van der Waals surface area contributed by atoms with Crippen LogP contribution in [0.25, 0.3) is 0 Å². The fraction of sp³-hybridized carbons (Fsp3) is 0. The molecular weight excluding hydrogens is 86.1 g/mol. The number of nitrogens with two attached hydrogens (primary N) is 1. The first-order chi connectivity index (χ1) is 2.41. The molecule has 0 saturated carbocycles. The number of nitrogens with one attached hydrogen (secondary N) is 1. The highest BCUT2D eigenvalue weighted by molar-refractivity contribution is 7.78. The van der Waals surface area contributed by atoms with E-state index >= 15 is 0 Å². The Morgan fingerprint density at radius 2 is 2.60 bits per heavy atom. The maximum absolute atomic E-state index is 4.59. The van der Waals surface area contributed by atoms with Gasteiger partial charge in [-0.3, -0.25) is 0 Å². The molecule has 0 atom stereocenters. The minimum absolute atomic E-state index is 1.93. The number of hydrogen-bond acceptors (Lipinski definition) is 4. The van der Waals surface area contributed by atoms with Crippen molar-refractivity contribution in [3.8, 4) is 0 Å². The highest BCUT2D eigenvalue weighted by Crippen LogP contribution is 1.35. The largest absolute Gasteiger partial charge is 0.237 e. The molecule has 5 heavy (non-hydrogen) atoms. The molecule has 0 aliphatic carbocycles. The zero-order chi connectivity index (χ0) is 4.12. The van der Waals surface area contributed by atoms with Crippen molar-refractivity contribution in [2.75, 3.05) is 0 Å². The van der Waals surface area contributed by atoms with Gasteiger partial charge in [-0.1, -0.05) is 0 Å². The zero-order valence-corrected chi connectivity index (χ0v) is 3.25. The zero-order valence-electron chi connectivity index (χ0n) is 2.43. The standard InChI is InChI=1S/CH3N3S/c2-4-3-1-5/h4H,2H2. The van der Waals surface area contributed by atoms with Crippen LogP contribution in [0.1, 0.15) is 0 Å². The van der Waals surface area contributed by atoms with E-state index in [1.165, 1.54) is 0 Å². The van der Waals surface area contributed by atoms with Crippen LogP contribution in [-0.4, -0.2) is 5.16 Å². The van der Waals surface area contributed by atoms with Crippen LogP contribution in [0.4, 0.5) is 0 Å². The third kappa shape index (κ3) is 3.56. The molecule has 3 N–H and O–H groups in total. The Labute approximate surface area is 34.8 Å². The highest BCUT2D eigenvalue weighted by Gasteiger charge is 1.40. The molecule has 0 aliphatic heterocycles. The van der Waals surface area contributed by atoms with E-state index < -0.39 is 0 Å². The molecule has 0 aromatic heterocycles. The third-order valence-corrected chi connectivity index (χ3v) is 0.201. The van der Waals surface area contributed by atoms with Gasteiger partial charge in [0.25, 0.3) is 0 Å². The Kier molecular flexibility index (Phi) is 3.25. The summed E-state index contributed by atoms with van der Waals surface area (Å²) in [6.45, 7) is 0. The van der Waals surface area contributed by atoms with Gasteiger partial charge in [-0.05, 0) is 12.2 Å². The van der Waals surface area contributed by atoms with Crippen LogP contribution < -0.4 is 11.4 Å². The Bertz CT molecular complexity index is 53.9. The number of thiocarbonyl (C=S) groups is 1. The quantitative estimate of drug-likeness (QED) is 0.196. The van der Waals surface area contributed by atoms with Gasteiger partial charge in [0.2, 0.25) is 0 Å². The lowest BCUT2D eigenvalue weighted by atomic mass is 11.7. The lowest BCUT2D eigenvalue weighted by molar-refractivity contribution is 0.814. The average Bonchev–Trinajstić information content (AvgIpc) is 1.41. The van der Waals surface area contributed by atoms with Crippen LogP contribution in [0.15, 0.2) is 5.10 Å². The second kappa shape index (κ2) is 3.56. The van der Waals surface area contributed by atoms with Crippen molar-refractivity contribution in [3.63, 3.8) is 0 Å². The molecule has 4 heteroatoms. The molecule has 0 aromatic rings. The highest BCUT2D eigenvalue weighted by atomic mass is 32.1. The number of isothiocyanates is 1. The first-order valence-electron chi connectivity index (χ1n) is 0.940. The molecule has 0 rings (SSSR count). The van der Waals surface area contributed by atoms with E-state index in [-0.39, 0.29) is 0 Å². The number of hydrazine groups is 1. The second-order valence-corrected chi connectivity index (χ2v) is 0.515. The minimum atomic E-state index is 1.93. The van der Waals surface area contributed by atoms with Crippen LogP contribution in [0.3, 0.4) is 0 Å². The first-order valence-corrected chi connectivity index (χ1v) is 1.35. The van der Waals surface area contributed by atoms with Crippen molar-refractivity contribution in [1.29, 1.82) is 0 Å². The Balaban J connectivity index is 2.93. The second-order valence-electron chi connectivity index (χ2n) is 0.332. The van der Waals surface area contributed by atoms with E-state index in [0.29, 0.717) is 0 Å². The summed E-state index contributed by atoms with van der Waals surface area (Å²) in [5.41, 5.74) is 1.93. The molecule has 0 aliphatic rings. The topological polar surface area (TPSA) is 50.4 Å². The normalized spacial score (nSPS) is 5.00. The van der Waals surface area contributed by atoms with Gasteiger partial charge in [-0.2, -0.15) is 0 Å². The van der Waals surface area contributed by atoms with E-state index in [1.54, 1.807) is 0 Å².